The van der Waals surface area contributed by atoms with Gasteiger partial charge in [-0.2, -0.15) is 0 Å². The SMILES string of the molecule is Cc1cccc(Cc2nnc3c(Cl)cc(C(=O)O)cn23)c1. The molecule has 0 aliphatic carbocycles. The van der Waals surface area contributed by atoms with E-state index in [0.717, 1.165) is 11.1 Å². The predicted octanol–water partition coefficient (Wildman–Crippen LogP) is 2.98. The fraction of sp³-hybridized carbons (Fsp3) is 0.133. The van der Waals surface area contributed by atoms with E-state index in [1.165, 1.54) is 12.3 Å². The molecule has 1 aromatic carbocycles. The molecule has 0 unspecified atom stereocenters. The number of aromatic carboxylic acids is 1. The van der Waals surface area contributed by atoms with Crippen LogP contribution in [0.15, 0.2) is 36.5 Å². The summed E-state index contributed by atoms with van der Waals surface area (Å²) in [6.45, 7) is 2.02. The molecule has 0 atom stereocenters. The Hall–Kier alpha value is -2.40. The third kappa shape index (κ3) is 2.60. The van der Waals surface area contributed by atoms with Crippen molar-refractivity contribution in [2.45, 2.75) is 13.3 Å². The van der Waals surface area contributed by atoms with E-state index >= 15 is 0 Å². The largest absolute Gasteiger partial charge is 0.478 e. The number of halogens is 1. The van der Waals surface area contributed by atoms with Crippen LogP contribution in [-0.4, -0.2) is 25.7 Å². The van der Waals surface area contributed by atoms with Crippen molar-refractivity contribution in [3.05, 3.63) is 64.1 Å². The maximum Gasteiger partial charge on any atom is 0.337 e. The summed E-state index contributed by atoms with van der Waals surface area (Å²) in [5.74, 6) is -0.380. The number of pyridine rings is 1. The predicted molar refractivity (Wildman–Crippen MR) is 78.9 cm³/mol. The van der Waals surface area contributed by atoms with Crippen molar-refractivity contribution < 1.29 is 9.90 Å². The van der Waals surface area contributed by atoms with Gasteiger partial charge in [0.15, 0.2) is 5.65 Å². The molecule has 0 radical (unpaired) electrons. The smallest absolute Gasteiger partial charge is 0.337 e. The molecule has 0 fully saturated rings. The van der Waals surface area contributed by atoms with E-state index in [1.807, 2.05) is 25.1 Å². The normalized spacial score (nSPS) is 11.0. The molecule has 6 heteroatoms. The van der Waals surface area contributed by atoms with Crippen LogP contribution in [0.25, 0.3) is 5.65 Å². The minimum atomic E-state index is -1.03. The summed E-state index contributed by atoms with van der Waals surface area (Å²) in [7, 11) is 0. The number of nitrogens with zero attached hydrogens (tertiary/aromatic N) is 3. The third-order valence-corrected chi connectivity index (χ3v) is 3.50. The Kier molecular flexibility index (Phi) is 3.35. The van der Waals surface area contributed by atoms with Gasteiger partial charge >= 0.3 is 5.97 Å². The summed E-state index contributed by atoms with van der Waals surface area (Å²) >= 11 is 6.06. The Morgan fingerprint density at radius 2 is 2.14 bits per heavy atom. The molecule has 21 heavy (non-hydrogen) atoms. The van der Waals surface area contributed by atoms with Gasteiger partial charge in [-0.3, -0.25) is 4.40 Å². The highest BCUT2D eigenvalue weighted by molar-refractivity contribution is 6.33. The lowest BCUT2D eigenvalue weighted by atomic mass is 10.1. The van der Waals surface area contributed by atoms with Gasteiger partial charge in [0.05, 0.1) is 10.6 Å². The number of hydrogen-bond acceptors (Lipinski definition) is 3. The summed E-state index contributed by atoms with van der Waals surface area (Å²) in [4.78, 5) is 11.1. The van der Waals surface area contributed by atoms with Crippen molar-refractivity contribution in [1.82, 2.24) is 14.6 Å². The van der Waals surface area contributed by atoms with Crippen molar-refractivity contribution in [3.63, 3.8) is 0 Å². The second kappa shape index (κ2) is 5.18. The molecular weight excluding hydrogens is 290 g/mol. The van der Waals surface area contributed by atoms with Gasteiger partial charge in [0.1, 0.15) is 5.82 Å². The summed E-state index contributed by atoms with van der Waals surface area (Å²) in [5, 5.41) is 17.5. The number of carbonyl (C=O) groups is 1. The molecule has 0 aliphatic heterocycles. The zero-order chi connectivity index (χ0) is 15.0. The number of fused-ring (bicyclic) bond motifs is 1. The Morgan fingerprint density at radius 3 is 2.86 bits per heavy atom. The zero-order valence-corrected chi connectivity index (χ0v) is 12.0. The summed E-state index contributed by atoms with van der Waals surface area (Å²) < 4.78 is 1.63. The van der Waals surface area contributed by atoms with Gasteiger partial charge in [-0.25, -0.2) is 4.79 Å². The molecule has 3 aromatic rings. The highest BCUT2D eigenvalue weighted by Crippen LogP contribution is 2.20. The molecule has 0 bridgehead atoms. The molecule has 0 saturated carbocycles. The monoisotopic (exact) mass is 301 g/mol. The van der Waals surface area contributed by atoms with Gasteiger partial charge in [0, 0.05) is 12.6 Å². The van der Waals surface area contributed by atoms with Crippen molar-refractivity contribution in [3.8, 4) is 0 Å². The Morgan fingerprint density at radius 1 is 1.33 bits per heavy atom. The highest BCUT2D eigenvalue weighted by atomic mass is 35.5. The Balaban J connectivity index is 2.09. The van der Waals surface area contributed by atoms with Crippen molar-refractivity contribution in [1.29, 1.82) is 0 Å². The first-order valence-corrected chi connectivity index (χ1v) is 6.74. The van der Waals surface area contributed by atoms with Crippen LogP contribution in [0, 0.1) is 6.92 Å². The lowest BCUT2D eigenvalue weighted by Crippen LogP contribution is -2.02. The van der Waals surface area contributed by atoms with Gasteiger partial charge in [0.25, 0.3) is 0 Å². The van der Waals surface area contributed by atoms with Crippen LogP contribution in [0.3, 0.4) is 0 Å². The van der Waals surface area contributed by atoms with Gasteiger partial charge in [-0.05, 0) is 18.6 Å². The molecule has 0 aliphatic rings. The first kappa shape index (κ1) is 13.6. The molecular formula is C15H12ClN3O2. The van der Waals surface area contributed by atoms with E-state index < -0.39 is 5.97 Å². The van der Waals surface area contributed by atoms with Crippen LogP contribution >= 0.6 is 11.6 Å². The van der Waals surface area contributed by atoms with Crippen molar-refractivity contribution in [2.75, 3.05) is 0 Å². The van der Waals surface area contributed by atoms with Crippen molar-refractivity contribution >= 4 is 23.2 Å². The fourth-order valence-corrected chi connectivity index (χ4v) is 2.49. The fourth-order valence-electron chi connectivity index (χ4n) is 2.24. The number of aryl methyl sites for hydroxylation is 1. The van der Waals surface area contributed by atoms with E-state index in [9.17, 15) is 4.79 Å². The maximum atomic E-state index is 11.1. The quantitative estimate of drug-likeness (QED) is 0.807. The second-order valence-electron chi connectivity index (χ2n) is 4.86. The molecule has 2 aromatic heterocycles. The number of carboxylic acids is 1. The molecule has 0 saturated heterocycles. The zero-order valence-electron chi connectivity index (χ0n) is 11.2. The number of rotatable bonds is 3. The average molecular weight is 302 g/mol. The van der Waals surface area contributed by atoms with Crippen molar-refractivity contribution in [2.24, 2.45) is 0 Å². The standard InChI is InChI=1S/C15H12ClN3O2/c1-9-3-2-4-10(5-9)6-13-17-18-14-12(16)7-11(15(20)21)8-19(13)14/h2-5,7-8H,6H2,1H3,(H,20,21). The van der Waals surface area contributed by atoms with Crippen LogP contribution in [0.2, 0.25) is 5.02 Å². The molecule has 2 heterocycles. The summed E-state index contributed by atoms with van der Waals surface area (Å²) in [6.07, 6.45) is 2.05. The molecule has 3 rings (SSSR count). The van der Waals surface area contributed by atoms with E-state index in [1.54, 1.807) is 4.40 Å². The number of aromatic nitrogens is 3. The first-order chi connectivity index (χ1) is 10.0. The molecule has 5 nitrogen and oxygen atoms in total. The number of carboxylic acid groups (broad SMARTS) is 1. The molecule has 106 valence electrons. The second-order valence-corrected chi connectivity index (χ2v) is 5.26. The molecule has 0 amide bonds. The Labute approximate surface area is 125 Å². The molecule has 1 N–H and O–H groups in total. The minimum absolute atomic E-state index is 0.109. The van der Waals surface area contributed by atoms with E-state index in [-0.39, 0.29) is 10.6 Å². The average Bonchev–Trinajstić information content (AvgIpc) is 2.82. The summed E-state index contributed by atoms with van der Waals surface area (Å²) in [6, 6.07) is 9.43. The molecule has 0 spiro atoms. The van der Waals surface area contributed by atoms with Crippen LogP contribution < -0.4 is 0 Å². The Bertz CT molecular complexity index is 842. The highest BCUT2D eigenvalue weighted by Gasteiger charge is 2.13. The van der Waals surface area contributed by atoms with E-state index in [0.29, 0.717) is 17.9 Å². The number of benzene rings is 1. The van der Waals surface area contributed by atoms with Crippen LogP contribution in [-0.2, 0) is 6.42 Å². The maximum absolute atomic E-state index is 11.1. The van der Waals surface area contributed by atoms with Gasteiger partial charge in [0.2, 0.25) is 0 Å². The topological polar surface area (TPSA) is 67.5 Å². The number of hydrogen-bond donors (Lipinski definition) is 1. The third-order valence-electron chi connectivity index (χ3n) is 3.22. The van der Waals surface area contributed by atoms with Gasteiger partial charge in [-0.15, -0.1) is 10.2 Å². The summed E-state index contributed by atoms with van der Waals surface area (Å²) in [5.41, 5.74) is 2.81. The van der Waals surface area contributed by atoms with E-state index in [2.05, 4.69) is 16.3 Å². The van der Waals surface area contributed by atoms with Crippen LogP contribution in [0.4, 0.5) is 0 Å². The van der Waals surface area contributed by atoms with Crippen LogP contribution in [0.5, 0.6) is 0 Å². The van der Waals surface area contributed by atoms with E-state index in [4.69, 9.17) is 16.7 Å². The van der Waals surface area contributed by atoms with Gasteiger partial charge < -0.3 is 5.11 Å². The minimum Gasteiger partial charge on any atom is -0.478 e. The van der Waals surface area contributed by atoms with Gasteiger partial charge in [-0.1, -0.05) is 41.4 Å². The lowest BCUT2D eigenvalue weighted by molar-refractivity contribution is 0.0696. The lowest BCUT2D eigenvalue weighted by Gasteiger charge is -2.04. The van der Waals surface area contributed by atoms with Crippen LogP contribution in [0.1, 0.15) is 27.3 Å². The first-order valence-electron chi connectivity index (χ1n) is 6.36.